The van der Waals surface area contributed by atoms with E-state index in [-0.39, 0.29) is 12.3 Å². The van der Waals surface area contributed by atoms with E-state index in [2.05, 4.69) is 11.4 Å². The Morgan fingerprint density at radius 3 is 2.50 bits per heavy atom. The van der Waals surface area contributed by atoms with Crippen LogP contribution in [0.5, 0.6) is 11.5 Å². The molecule has 0 aliphatic carbocycles. The largest absolute Gasteiger partial charge is 0.497 e. The zero-order valence-corrected chi connectivity index (χ0v) is 15.5. The standard InChI is InChI=1S/C23H20N2O3/c1-27-21-10-8-17(9-11-21)13-23(26)25-20-6-3-7-22(14-20)28-16-19-5-2-4-18(12-19)15-24/h2-12,14H,13,16H2,1H3,(H,25,26). The van der Waals surface area contributed by atoms with Crippen molar-refractivity contribution in [3.63, 3.8) is 0 Å². The van der Waals surface area contributed by atoms with E-state index in [9.17, 15) is 4.79 Å². The fraction of sp³-hybridized carbons (Fsp3) is 0.130. The maximum Gasteiger partial charge on any atom is 0.228 e. The van der Waals surface area contributed by atoms with Crippen LogP contribution in [0.1, 0.15) is 16.7 Å². The van der Waals surface area contributed by atoms with Gasteiger partial charge in [-0.25, -0.2) is 0 Å². The molecule has 0 atom stereocenters. The molecule has 5 nitrogen and oxygen atoms in total. The number of amides is 1. The predicted molar refractivity (Wildman–Crippen MR) is 107 cm³/mol. The summed E-state index contributed by atoms with van der Waals surface area (Å²) in [5, 5.41) is 11.8. The van der Waals surface area contributed by atoms with Crippen molar-refractivity contribution in [3.05, 3.63) is 89.5 Å². The van der Waals surface area contributed by atoms with Gasteiger partial charge < -0.3 is 14.8 Å². The van der Waals surface area contributed by atoms with Gasteiger partial charge in [-0.05, 0) is 47.5 Å². The van der Waals surface area contributed by atoms with Gasteiger partial charge in [0.2, 0.25) is 5.91 Å². The summed E-state index contributed by atoms with van der Waals surface area (Å²) in [5.74, 6) is 1.29. The average molecular weight is 372 g/mol. The second-order valence-corrected chi connectivity index (χ2v) is 6.20. The molecule has 0 unspecified atom stereocenters. The molecule has 0 radical (unpaired) electrons. The maximum absolute atomic E-state index is 12.3. The number of nitrogens with one attached hydrogen (secondary N) is 1. The molecule has 0 bridgehead atoms. The summed E-state index contributed by atoms with van der Waals surface area (Å²) in [6, 6.07) is 24.0. The SMILES string of the molecule is COc1ccc(CC(=O)Nc2cccc(OCc3cccc(C#N)c3)c2)cc1. The summed E-state index contributed by atoms with van der Waals surface area (Å²) in [5.41, 5.74) is 3.08. The minimum Gasteiger partial charge on any atom is -0.497 e. The molecule has 0 aliphatic rings. The molecular weight excluding hydrogens is 352 g/mol. The molecule has 0 saturated heterocycles. The summed E-state index contributed by atoms with van der Waals surface area (Å²) in [4.78, 5) is 12.3. The van der Waals surface area contributed by atoms with Crippen molar-refractivity contribution >= 4 is 11.6 Å². The van der Waals surface area contributed by atoms with Gasteiger partial charge in [0.15, 0.2) is 0 Å². The molecule has 0 heterocycles. The quantitative estimate of drug-likeness (QED) is 0.670. The van der Waals surface area contributed by atoms with Crippen LogP contribution < -0.4 is 14.8 Å². The monoisotopic (exact) mass is 372 g/mol. The smallest absolute Gasteiger partial charge is 0.228 e. The molecule has 5 heteroatoms. The summed E-state index contributed by atoms with van der Waals surface area (Å²) in [7, 11) is 1.61. The van der Waals surface area contributed by atoms with Gasteiger partial charge in [0, 0.05) is 11.8 Å². The number of hydrogen-bond acceptors (Lipinski definition) is 4. The van der Waals surface area contributed by atoms with Gasteiger partial charge in [0.1, 0.15) is 18.1 Å². The first-order chi connectivity index (χ1) is 13.7. The Morgan fingerprint density at radius 2 is 1.75 bits per heavy atom. The lowest BCUT2D eigenvalue weighted by atomic mass is 10.1. The van der Waals surface area contributed by atoms with Crippen LogP contribution in [0.4, 0.5) is 5.69 Å². The van der Waals surface area contributed by atoms with Crippen molar-refractivity contribution in [1.29, 1.82) is 5.26 Å². The minimum atomic E-state index is -0.107. The van der Waals surface area contributed by atoms with Gasteiger partial charge in [-0.3, -0.25) is 4.79 Å². The minimum absolute atomic E-state index is 0.107. The second-order valence-electron chi connectivity index (χ2n) is 6.20. The van der Waals surface area contributed by atoms with Crippen molar-refractivity contribution in [1.82, 2.24) is 0 Å². The van der Waals surface area contributed by atoms with E-state index in [4.69, 9.17) is 14.7 Å². The normalized spacial score (nSPS) is 10.0. The number of nitriles is 1. The predicted octanol–water partition coefficient (Wildman–Crippen LogP) is 4.33. The van der Waals surface area contributed by atoms with Crippen LogP contribution in [-0.4, -0.2) is 13.0 Å². The number of hydrogen-bond donors (Lipinski definition) is 1. The molecule has 28 heavy (non-hydrogen) atoms. The van der Waals surface area contributed by atoms with Crippen molar-refractivity contribution in [3.8, 4) is 17.6 Å². The summed E-state index contributed by atoms with van der Waals surface area (Å²) in [6.07, 6.45) is 0.274. The van der Waals surface area contributed by atoms with E-state index >= 15 is 0 Å². The molecule has 1 amide bonds. The molecule has 3 rings (SSSR count). The van der Waals surface area contributed by atoms with E-state index in [1.807, 2.05) is 54.6 Å². The highest BCUT2D eigenvalue weighted by Crippen LogP contribution is 2.19. The van der Waals surface area contributed by atoms with Crippen molar-refractivity contribution in [2.75, 3.05) is 12.4 Å². The molecule has 0 aliphatic heterocycles. The highest BCUT2D eigenvalue weighted by Gasteiger charge is 2.06. The molecule has 0 spiro atoms. The van der Waals surface area contributed by atoms with Gasteiger partial charge in [0.25, 0.3) is 0 Å². The lowest BCUT2D eigenvalue weighted by molar-refractivity contribution is -0.115. The Hall–Kier alpha value is -3.78. The molecule has 0 fully saturated rings. The average Bonchev–Trinajstić information content (AvgIpc) is 2.73. The van der Waals surface area contributed by atoms with Crippen molar-refractivity contribution in [2.45, 2.75) is 13.0 Å². The number of anilines is 1. The zero-order chi connectivity index (χ0) is 19.8. The molecular formula is C23H20N2O3. The first kappa shape index (κ1) is 19.0. The van der Waals surface area contributed by atoms with E-state index in [0.717, 1.165) is 16.9 Å². The Bertz CT molecular complexity index is 991. The Labute approximate surface area is 164 Å². The number of ether oxygens (including phenoxy) is 2. The van der Waals surface area contributed by atoms with E-state index in [1.165, 1.54) is 0 Å². The summed E-state index contributed by atoms with van der Waals surface area (Å²) in [6.45, 7) is 0.346. The molecule has 140 valence electrons. The van der Waals surface area contributed by atoms with Gasteiger partial charge in [-0.15, -0.1) is 0 Å². The number of carbonyl (C=O) groups is 1. The highest BCUT2D eigenvalue weighted by molar-refractivity contribution is 5.92. The topological polar surface area (TPSA) is 71.3 Å². The number of methoxy groups -OCH3 is 1. The first-order valence-corrected chi connectivity index (χ1v) is 8.81. The van der Waals surface area contributed by atoms with E-state index in [1.54, 1.807) is 25.3 Å². The van der Waals surface area contributed by atoms with Crippen LogP contribution in [0.15, 0.2) is 72.8 Å². The Kier molecular flexibility index (Phi) is 6.27. The fourth-order valence-corrected chi connectivity index (χ4v) is 2.69. The number of benzene rings is 3. The van der Waals surface area contributed by atoms with Crippen LogP contribution in [0, 0.1) is 11.3 Å². The molecule has 0 saturated carbocycles. The number of nitrogens with zero attached hydrogens (tertiary/aromatic N) is 1. The van der Waals surface area contributed by atoms with Crippen LogP contribution in [0.25, 0.3) is 0 Å². The Balaban J connectivity index is 1.57. The third kappa shape index (κ3) is 5.36. The number of rotatable bonds is 7. The first-order valence-electron chi connectivity index (χ1n) is 8.81. The summed E-state index contributed by atoms with van der Waals surface area (Å²) < 4.78 is 10.9. The molecule has 0 aromatic heterocycles. The summed E-state index contributed by atoms with van der Waals surface area (Å²) >= 11 is 0. The molecule has 3 aromatic rings. The van der Waals surface area contributed by atoms with Crippen molar-refractivity contribution in [2.24, 2.45) is 0 Å². The van der Waals surface area contributed by atoms with Gasteiger partial charge >= 0.3 is 0 Å². The highest BCUT2D eigenvalue weighted by atomic mass is 16.5. The van der Waals surface area contributed by atoms with Crippen LogP contribution in [-0.2, 0) is 17.8 Å². The third-order valence-corrected chi connectivity index (χ3v) is 4.10. The van der Waals surface area contributed by atoms with Crippen LogP contribution in [0.3, 0.4) is 0 Å². The lowest BCUT2D eigenvalue weighted by Gasteiger charge is -2.10. The lowest BCUT2D eigenvalue weighted by Crippen LogP contribution is -2.14. The van der Waals surface area contributed by atoms with Crippen LogP contribution >= 0.6 is 0 Å². The van der Waals surface area contributed by atoms with Crippen LogP contribution in [0.2, 0.25) is 0 Å². The van der Waals surface area contributed by atoms with Gasteiger partial charge in [0.05, 0.1) is 25.2 Å². The van der Waals surface area contributed by atoms with Gasteiger partial charge in [-0.2, -0.15) is 5.26 Å². The van der Waals surface area contributed by atoms with Gasteiger partial charge in [-0.1, -0.05) is 30.3 Å². The third-order valence-electron chi connectivity index (χ3n) is 4.10. The fourth-order valence-electron chi connectivity index (χ4n) is 2.69. The maximum atomic E-state index is 12.3. The Morgan fingerprint density at radius 1 is 0.964 bits per heavy atom. The van der Waals surface area contributed by atoms with Crippen molar-refractivity contribution < 1.29 is 14.3 Å². The zero-order valence-electron chi connectivity index (χ0n) is 15.5. The number of carbonyl (C=O) groups excluding carboxylic acids is 1. The van der Waals surface area contributed by atoms with E-state index in [0.29, 0.717) is 23.6 Å². The van der Waals surface area contributed by atoms with E-state index < -0.39 is 0 Å². The molecule has 3 aromatic carbocycles. The second kappa shape index (κ2) is 9.24. The molecule has 1 N–H and O–H groups in total.